The van der Waals surface area contributed by atoms with Gasteiger partial charge < -0.3 is 10.4 Å². The number of carbonyl (C=O) groups excluding carboxylic acids is 1. The number of thioether (sulfide) groups is 1. The molecule has 2 N–H and O–H groups in total. The number of nitrogens with zero attached hydrogens (tertiary/aromatic N) is 4. The van der Waals surface area contributed by atoms with Crippen molar-refractivity contribution < 1.29 is 14.7 Å². The van der Waals surface area contributed by atoms with Crippen LogP contribution in [0.5, 0.6) is 0 Å². The van der Waals surface area contributed by atoms with Crippen molar-refractivity contribution in [3.63, 3.8) is 0 Å². The summed E-state index contributed by atoms with van der Waals surface area (Å²) < 4.78 is 1.84. The number of carboxylic acids is 1. The Kier molecular flexibility index (Phi) is 7.79. The molecule has 178 valence electrons. The Labute approximate surface area is 211 Å². The van der Waals surface area contributed by atoms with Crippen LogP contribution in [0.25, 0.3) is 17.1 Å². The monoisotopic (exact) mass is 507 g/mol. The average molecular weight is 508 g/mol. The quantitative estimate of drug-likeness (QED) is 0.327. The number of aromatic nitrogens is 4. The third kappa shape index (κ3) is 5.87. The number of rotatable bonds is 9. The van der Waals surface area contributed by atoms with Gasteiger partial charge in [-0.2, -0.15) is 0 Å². The minimum absolute atomic E-state index is 0.0351. The molecule has 4 rings (SSSR count). The zero-order chi connectivity index (χ0) is 24.8. The van der Waals surface area contributed by atoms with E-state index in [-0.39, 0.29) is 12.2 Å². The molecule has 10 heteroatoms. The minimum atomic E-state index is -1.09. The van der Waals surface area contributed by atoms with Crippen LogP contribution in [-0.4, -0.2) is 48.5 Å². The number of hydrogen-bond acceptors (Lipinski definition) is 6. The molecule has 0 aliphatic carbocycles. The third-order valence-corrected chi connectivity index (χ3v) is 6.64. The molecule has 2 aromatic carbocycles. The minimum Gasteiger partial charge on any atom is -0.480 e. The van der Waals surface area contributed by atoms with Crippen LogP contribution in [-0.2, 0) is 16.0 Å². The summed E-state index contributed by atoms with van der Waals surface area (Å²) in [6, 6.07) is 17.3. The lowest BCUT2D eigenvalue weighted by atomic mass is 10.1. The van der Waals surface area contributed by atoms with Crippen LogP contribution in [0.4, 0.5) is 0 Å². The van der Waals surface area contributed by atoms with Crippen molar-refractivity contribution in [2.24, 2.45) is 0 Å². The van der Waals surface area contributed by atoms with Gasteiger partial charge in [0.25, 0.3) is 0 Å². The van der Waals surface area contributed by atoms with Crippen molar-refractivity contribution in [3.05, 3.63) is 89.2 Å². The van der Waals surface area contributed by atoms with E-state index in [2.05, 4.69) is 20.5 Å². The second-order valence-electron chi connectivity index (χ2n) is 7.70. The van der Waals surface area contributed by atoms with E-state index in [9.17, 15) is 14.7 Å². The molecule has 0 unspecified atom stereocenters. The lowest BCUT2D eigenvalue weighted by Crippen LogP contribution is -2.43. The molecule has 1 atom stereocenters. The number of pyridine rings is 1. The summed E-state index contributed by atoms with van der Waals surface area (Å²) in [6.45, 7) is 1.90. The maximum absolute atomic E-state index is 12.7. The highest BCUT2D eigenvalue weighted by Crippen LogP contribution is 2.31. The fraction of sp³-hybridized carbons (Fsp3) is 0.160. The Bertz CT molecular complexity index is 1330. The molecule has 0 fully saturated rings. The van der Waals surface area contributed by atoms with E-state index in [1.807, 2.05) is 66.1 Å². The van der Waals surface area contributed by atoms with Gasteiger partial charge in [0.05, 0.1) is 11.4 Å². The van der Waals surface area contributed by atoms with Crippen molar-refractivity contribution in [1.82, 2.24) is 25.1 Å². The highest BCUT2D eigenvalue weighted by Gasteiger charge is 2.23. The number of nitrogens with one attached hydrogen (secondary N) is 1. The fourth-order valence-corrected chi connectivity index (χ4v) is 4.45. The lowest BCUT2D eigenvalue weighted by Gasteiger charge is -2.15. The number of amides is 1. The van der Waals surface area contributed by atoms with Gasteiger partial charge in [-0.15, -0.1) is 10.2 Å². The number of hydrogen-bond donors (Lipinski definition) is 2. The molecule has 35 heavy (non-hydrogen) atoms. The van der Waals surface area contributed by atoms with E-state index < -0.39 is 17.9 Å². The van der Waals surface area contributed by atoms with Gasteiger partial charge in [-0.25, -0.2) is 4.79 Å². The molecule has 4 aromatic rings. The summed E-state index contributed by atoms with van der Waals surface area (Å²) in [5, 5.41) is 21.9. The topological polar surface area (TPSA) is 110 Å². The van der Waals surface area contributed by atoms with Gasteiger partial charge in [0.1, 0.15) is 6.04 Å². The van der Waals surface area contributed by atoms with Gasteiger partial charge in [0.15, 0.2) is 11.0 Å². The van der Waals surface area contributed by atoms with E-state index >= 15 is 0 Å². The van der Waals surface area contributed by atoms with E-state index in [1.165, 1.54) is 11.8 Å². The van der Waals surface area contributed by atoms with E-state index in [0.29, 0.717) is 16.0 Å². The van der Waals surface area contributed by atoms with E-state index in [4.69, 9.17) is 11.6 Å². The normalized spacial score (nSPS) is 11.7. The van der Waals surface area contributed by atoms with Crippen LogP contribution in [0.3, 0.4) is 0 Å². The molecular weight excluding hydrogens is 486 g/mol. The summed E-state index contributed by atoms with van der Waals surface area (Å²) in [4.78, 5) is 28.5. The maximum atomic E-state index is 12.7. The second kappa shape index (κ2) is 11.2. The summed E-state index contributed by atoms with van der Waals surface area (Å²) in [5.41, 5.74) is 3.25. The number of benzene rings is 2. The Balaban J connectivity index is 1.56. The highest BCUT2D eigenvalue weighted by molar-refractivity contribution is 7.99. The van der Waals surface area contributed by atoms with E-state index in [1.54, 1.807) is 18.5 Å². The summed E-state index contributed by atoms with van der Waals surface area (Å²) in [5.74, 6) is -0.966. The first-order valence-corrected chi connectivity index (χ1v) is 12.1. The Morgan fingerprint density at radius 1 is 1.06 bits per heavy atom. The van der Waals surface area contributed by atoms with Gasteiger partial charge in [0.2, 0.25) is 5.91 Å². The molecule has 8 nitrogen and oxygen atoms in total. The van der Waals surface area contributed by atoms with E-state index in [0.717, 1.165) is 22.4 Å². The van der Waals surface area contributed by atoms with Crippen LogP contribution in [0.1, 0.15) is 11.1 Å². The number of halogens is 1. The first-order valence-electron chi connectivity index (χ1n) is 10.7. The first-order chi connectivity index (χ1) is 16.9. The van der Waals surface area contributed by atoms with Crippen LogP contribution < -0.4 is 5.32 Å². The standard InChI is InChI=1S/C25H22ClN5O3S/c1-16-19(26)8-5-9-21(16)31-23(18-10-12-27-13-11-18)29-30-25(31)35-15-22(32)28-20(24(33)34)14-17-6-3-2-4-7-17/h2-13,20H,14-15H2,1H3,(H,28,32)(H,33,34)/t20-/m1/s1. The summed E-state index contributed by atoms with van der Waals surface area (Å²) in [6.07, 6.45) is 3.52. The molecule has 0 aliphatic heterocycles. The van der Waals surface area contributed by atoms with Crippen molar-refractivity contribution in [2.45, 2.75) is 24.5 Å². The van der Waals surface area contributed by atoms with Crippen LogP contribution in [0.2, 0.25) is 5.02 Å². The largest absolute Gasteiger partial charge is 0.480 e. The fourth-order valence-electron chi connectivity index (χ4n) is 3.52. The molecule has 0 saturated carbocycles. The molecule has 0 bridgehead atoms. The Morgan fingerprint density at radius 2 is 1.80 bits per heavy atom. The van der Waals surface area contributed by atoms with Crippen LogP contribution in [0, 0.1) is 6.92 Å². The molecule has 0 aliphatic rings. The number of carboxylic acid groups (broad SMARTS) is 1. The zero-order valence-electron chi connectivity index (χ0n) is 18.8. The first kappa shape index (κ1) is 24.4. The number of aliphatic carboxylic acids is 1. The molecule has 2 aromatic heterocycles. The maximum Gasteiger partial charge on any atom is 0.326 e. The Morgan fingerprint density at radius 3 is 2.51 bits per heavy atom. The number of carbonyl (C=O) groups is 2. The van der Waals surface area contributed by atoms with Crippen molar-refractivity contribution in [3.8, 4) is 17.1 Å². The molecule has 0 spiro atoms. The Hall–Kier alpha value is -3.69. The summed E-state index contributed by atoms with van der Waals surface area (Å²) >= 11 is 7.54. The smallest absolute Gasteiger partial charge is 0.326 e. The highest BCUT2D eigenvalue weighted by atomic mass is 35.5. The molecule has 2 heterocycles. The molecular formula is C25H22ClN5O3S. The summed E-state index contributed by atoms with van der Waals surface area (Å²) in [7, 11) is 0. The second-order valence-corrected chi connectivity index (χ2v) is 9.05. The predicted octanol–water partition coefficient (Wildman–Crippen LogP) is 4.20. The molecule has 1 amide bonds. The van der Waals surface area contributed by atoms with Gasteiger partial charge in [-0.3, -0.25) is 14.3 Å². The van der Waals surface area contributed by atoms with Gasteiger partial charge in [-0.1, -0.05) is 59.8 Å². The van der Waals surface area contributed by atoms with Crippen LogP contribution >= 0.6 is 23.4 Å². The lowest BCUT2D eigenvalue weighted by molar-refractivity contribution is -0.141. The van der Waals surface area contributed by atoms with Crippen molar-refractivity contribution in [1.29, 1.82) is 0 Å². The molecule has 0 saturated heterocycles. The third-order valence-electron chi connectivity index (χ3n) is 5.30. The predicted molar refractivity (Wildman–Crippen MR) is 135 cm³/mol. The molecule has 0 radical (unpaired) electrons. The van der Waals surface area contributed by atoms with Gasteiger partial charge in [-0.05, 0) is 42.3 Å². The van der Waals surface area contributed by atoms with Gasteiger partial charge in [0, 0.05) is 29.4 Å². The average Bonchev–Trinajstić information content (AvgIpc) is 3.29. The van der Waals surface area contributed by atoms with Crippen LogP contribution in [0.15, 0.2) is 78.2 Å². The SMILES string of the molecule is Cc1c(Cl)cccc1-n1c(SCC(=O)N[C@H](Cc2ccccc2)C(=O)O)nnc1-c1ccncc1. The zero-order valence-corrected chi connectivity index (χ0v) is 20.3. The van der Waals surface area contributed by atoms with Crippen molar-refractivity contribution in [2.75, 3.05) is 5.75 Å². The van der Waals surface area contributed by atoms with Gasteiger partial charge >= 0.3 is 5.97 Å². The van der Waals surface area contributed by atoms with Crippen molar-refractivity contribution >= 4 is 35.2 Å².